The summed E-state index contributed by atoms with van der Waals surface area (Å²) in [5.74, 6) is 1.37. The Morgan fingerprint density at radius 2 is 1.74 bits per heavy atom. The fourth-order valence-electron chi connectivity index (χ4n) is 5.38. The van der Waals surface area contributed by atoms with Crippen molar-refractivity contribution in [2.75, 3.05) is 32.6 Å². The highest BCUT2D eigenvalue weighted by atomic mass is 16.7. The molecule has 206 valence electrons. The minimum absolute atomic E-state index is 0.00317. The van der Waals surface area contributed by atoms with Crippen molar-refractivity contribution in [3.63, 3.8) is 0 Å². The van der Waals surface area contributed by atoms with Crippen LogP contribution in [0.3, 0.4) is 0 Å². The first-order chi connectivity index (χ1) is 18.9. The van der Waals surface area contributed by atoms with Gasteiger partial charge in [0.15, 0.2) is 17.8 Å². The van der Waals surface area contributed by atoms with Crippen LogP contribution in [-0.4, -0.2) is 49.3 Å². The largest absolute Gasteiger partial charge is 0.493 e. The summed E-state index contributed by atoms with van der Waals surface area (Å²) in [4.78, 5) is 14.0. The molecule has 0 saturated carbocycles. The van der Waals surface area contributed by atoms with E-state index in [2.05, 4.69) is 22.3 Å². The van der Waals surface area contributed by atoms with E-state index in [9.17, 15) is 9.90 Å². The molecule has 0 aliphatic carbocycles. The summed E-state index contributed by atoms with van der Waals surface area (Å²) in [5, 5.41) is 12.3. The predicted octanol–water partition coefficient (Wildman–Crippen LogP) is 4.76. The number of amides is 1. The van der Waals surface area contributed by atoms with Gasteiger partial charge in [-0.25, -0.2) is 0 Å². The fourth-order valence-corrected chi connectivity index (χ4v) is 5.38. The molecule has 2 N–H and O–H groups in total. The quantitative estimate of drug-likeness (QED) is 0.433. The van der Waals surface area contributed by atoms with Gasteiger partial charge in [-0.05, 0) is 52.9 Å². The maximum Gasteiger partial charge on any atom is 0.221 e. The molecule has 0 aromatic heterocycles. The first kappa shape index (κ1) is 27.1. The van der Waals surface area contributed by atoms with E-state index in [-0.39, 0.29) is 24.7 Å². The molecule has 0 bridgehead atoms. The minimum atomic E-state index is -0.582. The number of aliphatic hydroxyl groups is 1. The maximum absolute atomic E-state index is 11.6. The van der Waals surface area contributed by atoms with Gasteiger partial charge in [0.1, 0.15) is 0 Å². The standard InChI is InChI=1S/C31H36N2O6/c1-20(35)32-26-6-4-5-24(13-26)31-38-27(16-28(39-31)22-9-7-21(19-34)8-10-22)18-33-12-11-23-14-29(36-2)30(37-3)15-25(23)17-33/h4-10,13-15,27-28,31,34H,11-12,16-19H2,1-3H3,(H,32,35)/t27-,28+,31+/m1/s1. The minimum Gasteiger partial charge on any atom is -0.493 e. The van der Waals surface area contributed by atoms with Crippen LogP contribution < -0.4 is 14.8 Å². The van der Waals surface area contributed by atoms with Crippen molar-refractivity contribution in [2.24, 2.45) is 0 Å². The van der Waals surface area contributed by atoms with Crippen LogP contribution >= 0.6 is 0 Å². The van der Waals surface area contributed by atoms with E-state index in [0.717, 1.165) is 54.2 Å². The van der Waals surface area contributed by atoms with Gasteiger partial charge in [0, 0.05) is 44.2 Å². The molecule has 1 saturated heterocycles. The Bertz CT molecular complexity index is 1290. The van der Waals surface area contributed by atoms with Crippen molar-refractivity contribution in [1.29, 1.82) is 0 Å². The van der Waals surface area contributed by atoms with E-state index in [1.165, 1.54) is 18.1 Å². The Balaban J connectivity index is 1.36. The molecular formula is C31H36N2O6. The molecule has 8 heteroatoms. The van der Waals surface area contributed by atoms with E-state index < -0.39 is 6.29 Å². The summed E-state index contributed by atoms with van der Waals surface area (Å²) in [6.45, 7) is 3.97. The number of fused-ring (bicyclic) bond motifs is 1. The van der Waals surface area contributed by atoms with E-state index in [1.54, 1.807) is 14.2 Å². The number of hydrogen-bond acceptors (Lipinski definition) is 7. The highest BCUT2D eigenvalue weighted by Gasteiger charge is 2.34. The number of ether oxygens (including phenoxy) is 4. The molecular weight excluding hydrogens is 496 g/mol. The molecule has 0 unspecified atom stereocenters. The zero-order valence-corrected chi connectivity index (χ0v) is 22.7. The Hall–Kier alpha value is -3.43. The number of nitrogens with zero attached hydrogens (tertiary/aromatic N) is 1. The lowest BCUT2D eigenvalue weighted by molar-refractivity contribution is -0.253. The average molecular weight is 533 g/mol. The smallest absolute Gasteiger partial charge is 0.221 e. The van der Waals surface area contributed by atoms with Gasteiger partial charge in [0.05, 0.1) is 33.0 Å². The monoisotopic (exact) mass is 532 g/mol. The summed E-state index contributed by atoms with van der Waals surface area (Å²) in [6, 6.07) is 19.7. The molecule has 3 aromatic carbocycles. The van der Waals surface area contributed by atoms with Crippen LogP contribution in [0.5, 0.6) is 11.5 Å². The Morgan fingerprint density at radius 1 is 1.00 bits per heavy atom. The average Bonchev–Trinajstić information content (AvgIpc) is 2.96. The van der Waals surface area contributed by atoms with Gasteiger partial charge < -0.3 is 29.4 Å². The van der Waals surface area contributed by atoms with Gasteiger partial charge in [-0.2, -0.15) is 0 Å². The van der Waals surface area contributed by atoms with Crippen molar-refractivity contribution in [3.8, 4) is 11.5 Å². The summed E-state index contributed by atoms with van der Waals surface area (Å²) in [5.41, 5.74) is 5.98. The van der Waals surface area contributed by atoms with E-state index in [4.69, 9.17) is 18.9 Å². The van der Waals surface area contributed by atoms with Gasteiger partial charge in [-0.1, -0.05) is 36.4 Å². The van der Waals surface area contributed by atoms with Crippen LogP contribution in [0.15, 0.2) is 60.7 Å². The second kappa shape index (κ2) is 12.2. The molecule has 3 aromatic rings. The van der Waals surface area contributed by atoms with Crippen LogP contribution in [0.4, 0.5) is 5.69 Å². The van der Waals surface area contributed by atoms with E-state index >= 15 is 0 Å². The van der Waals surface area contributed by atoms with Gasteiger partial charge in [-0.3, -0.25) is 9.69 Å². The topological polar surface area (TPSA) is 89.5 Å². The molecule has 2 aliphatic heterocycles. The summed E-state index contributed by atoms with van der Waals surface area (Å²) < 4.78 is 24.0. The van der Waals surface area contributed by atoms with Crippen LogP contribution in [0.2, 0.25) is 0 Å². The van der Waals surface area contributed by atoms with Crippen molar-refractivity contribution in [1.82, 2.24) is 4.90 Å². The van der Waals surface area contributed by atoms with Crippen molar-refractivity contribution < 1.29 is 28.8 Å². The number of carbonyl (C=O) groups is 1. The predicted molar refractivity (Wildman–Crippen MR) is 148 cm³/mol. The van der Waals surface area contributed by atoms with Gasteiger partial charge in [0.2, 0.25) is 5.91 Å². The molecule has 1 amide bonds. The normalized spacial score (nSPS) is 21.2. The number of aliphatic hydroxyl groups excluding tert-OH is 1. The molecule has 0 radical (unpaired) electrons. The summed E-state index contributed by atoms with van der Waals surface area (Å²) in [6.07, 6.45) is 0.800. The molecule has 0 spiro atoms. The van der Waals surface area contributed by atoms with Crippen LogP contribution in [0, 0.1) is 0 Å². The third kappa shape index (κ3) is 6.42. The molecule has 39 heavy (non-hydrogen) atoms. The second-order valence-electron chi connectivity index (χ2n) is 10.1. The molecule has 1 fully saturated rings. The highest BCUT2D eigenvalue weighted by Crippen LogP contribution is 2.39. The third-order valence-corrected chi connectivity index (χ3v) is 7.35. The number of hydrogen-bond donors (Lipinski definition) is 2. The number of benzene rings is 3. The SMILES string of the molecule is COc1cc2c(cc1OC)CN(C[C@H]1C[C@@H](c3ccc(CO)cc3)O[C@@H](c3cccc(NC(C)=O)c3)O1)CC2. The summed E-state index contributed by atoms with van der Waals surface area (Å²) in [7, 11) is 3.33. The van der Waals surface area contributed by atoms with Crippen molar-refractivity contribution >= 4 is 11.6 Å². The Kier molecular flexibility index (Phi) is 8.47. The maximum atomic E-state index is 11.6. The molecule has 5 rings (SSSR count). The zero-order chi connectivity index (χ0) is 27.4. The van der Waals surface area contributed by atoms with Crippen molar-refractivity contribution in [2.45, 2.75) is 51.4 Å². The number of methoxy groups -OCH3 is 2. The van der Waals surface area contributed by atoms with Crippen LogP contribution in [-0.2, 0) is 33.8 Å². The lowest BCUT2D eigenvalue weighted by atomic mass is 9.97. The zero-order valence-electron chi connectivity index (χ0n) is 22.7. The first-order valence-electron chi connectivity index (χ1n) is 13.3. The molecule has 3 atom stereocenters. The van der Waals surface area contributed by atoms with E-state index in [0.29, 0.717) is 12.1 Å². The van der Waals surface area contributed by atoms with Crippen molar-refractivity contribution in [3.05, 3.63) is 88.5 Å². The number of nitrogens with one attached hydrogen (secondary N) is 1. The molecule has 2 aliphatic rings. The lowest BCUT2D eigenvalue weighted by Crippen LogP contribution is -2.41. The molecule has 8 nitrogen and oxygen atoms in total. The Morgan fingerprint density at radius 3 is 2.44 bits per heavy atom. The van der Waals surface area contributed by atoms with Crippen LogP contribution in [0.1, 0.15) is 53.6 Å². The second-order valence-corrected chi connectivity index (χ2v) is 10.1. The van der Waals surface area contributed by atoms with Gasteiger partial charge in [-0.15, -0.1) is 0 Å². The first-order valence-corrected chi connectivity index (χ1v) is 13.3. The summed E-state index contributed by atoms with van der Waals surface area (Å²) >= 11 is 0. The lowest BCUT2D eigenvalue weighted by Gasteiger charge is -2.39. The number of anilines is 1. The van der Waals surface area contributed by atoms with Gasteiger partial charge in [0.25, 0.3) is 0 Å². The number of rotatable bonds is 8. The highest BCUT2D eigenvalue weighted by molar-refractivity contribution is 5.88. The third-order valence-electron chi connectivity index (χ3n) is 7.35. The number of carbonyl (C=O) groups excluding carboxylic acids is 1. The fraction of sp³-hybridized carbons (Fsp3) is 0.387. The van der Waals surface area contributed by atoms with Crippen LogP contribution in [0.25, 0.3) is 0 Å². The van der Waals surface area contributed by atoms with E-state index in [1.807, 2.05) is 48.5 Å². The van der Waals surface area contributed by atoms with Gasteiger partial charge >= 0.3 is 0 Å². The molecule has 2 heterocycles. The Labute approximate surface area is 229 Å².